The predicted octanol–water partition coefficient (Wildman–Crippen LogP) is 2.83. The van der Waals surface area contributed by atoms with Crippen molar-refractivity contribution in [3.8, 4) is 0 Å². The zero-order valence-corrected chi connectivity index (χ0v) is 14.3. The third-order valence-electron chi connectivity index (χ3n) is 5.13. The average molecular weight is 317 g/mol. The van der Waals surface area contributed by atoms with Crippen molar-refractivity contribution in [2.75, 3.05) is 19.7 Å². The molecule has 1 saturated carbocycles. The van der Waals surface area contributed by atoms with Crippen molar-refractivity contribution in [2.24, 2.45) is 5.92 Å². The maximum Gasteiger partial charge on any atom is 0.225 e. The van der Waals surface area contributed by atoms with Crippen LogP contribution >= 0.6 is 0 Å². The lowest BCUT2D eigenvalue weighted by molar-refractivity contribution is -0.139. The Morgan fingerprint density at radius 1 is 1.30 bits per heavy atom. The van der Waals surface area contributed by atoms with E-state index < -0.39 is 0 Å². The van der Waals surface area contributed by atoms with E-state index in [4.69, 9.17) is 4.74 Å². The van der Waals surface area contributed by atoms with Crippen molar-refractivity contribution in [1.82, 2.24) is 14.9 Å². The molecular formula is C18H27N3O2. The average Bonchev–Trinajstić information content (AvgIpc) is 2.52. The van der Waals surface area contributed by atoms with Gasteiger partial charge in [0.05, 0.1) is 12.3 Å². The number of hydrogen-bond donors (Lipinski definition) is 0. The molecule has 0 N–H and O–H groups in total. The molecule has 0 bridgehead atoms. The Labute approximate surface area is 138 Å². The minimum absolute atomic E-state index is 0.307. The summed E-state index contributed by atoms with van der Waals surface area (Å²) in [6.45, 7) is 6.92. The molecule has 1 aromatic rings. The number of nitrogens with zero attached hydrogens (tertiary/aromatic N) is 3. The Balaban J connectivity index is 1.64. The van der Waals surface area contributed by atoms with Crippen molar-refractivity contribution < 1.29 is 9.53 Å². The van der Waals surface area contributed by atoms with Gasteiger partial charge in [0.1, 0.15) is 5.82 Å². The molecule has 23 heavy (non-hydrogen) atoms. The van der Waals surface area contributed by atoms with Crippen molar-refractivity contribution in [3.63, 3.8) is 0 Å². The van der Waals surface area contributed by atoms with Crippen LogP contribution in [0.5, 0.6) is 0 Å². The summed E-state index contributed by atoms with van der Waals surface area (Å²) >= 11 is 0. The highest BCUT2D eigenvalue weighted by molar-refractivity contribution is 5.79. The molecule has 1 aliphatic heterocycles. The van der Waals surface area contributed by atoms with Crippen LogP contribution in [0.2, 0.25) is 0 Å². The molecule has 2 heterocycles. The standard InChI is InChI=1S/C18H27N3O2/c1-3-23-12-16-11-19-13(2)20-17(16)14-7-9-21(10-8-14)18(22)15-5-4-6-15/h11,14-15H,3-10,12H2,1-2H3. The molecule has 0 unspecified atom stereocenters. The SMILES string of the molecule is CCOCc1cnc(C)nc1C1CCN(C(=O)C2CCC2)CC1. The minimum Gasteiger partial charge on any atom is -0.377 e. The summed E-state index contributed by atoms with van der Waals surface area (Å²) in [6.07, 6.45) is 7.28. The Kier molecular flexibility index (Phi) is 5.26. The largest absolute Gasteiger partial charge is 0.377 e. The molecule has 2 fully saturated rings. The van der Waals surface area contributed by atoms with Gasteiger partial charge in [-0.2, -0.15) is 0 Å². The third-order valence-corrected chi connectivity index (χ3v) is 5.13. The second kappa shape index (κ2) is 7.39. The number of carbonyl (C=O) groups is 1. The van der Waals surface area contributed by atoms with Crippen LogP contribution in [0.4, 0.5) is 0 Å². The van der Waals surface area contributed by atoms with E-state index in [0.717, 1.165) is 55.9 Å². The predicted molar refractivity (Wildman–Crippen MR) is 88.0 cm³/mol. The second-order valence-corrected chi connectivity index (χ2v) is 6.69. The minimum atomic E-state index is 0.307. The molecule has 1 saturated heterocycles. The first-order valence-electron chi connectivity index (χ1n) is 8.88. The quantitative estimate of drug-likeness (QED) is 0.838. The van der Waals surface area contributed by atoms with Crippen LogP contribution in [-0.2, 0) is 16.1 Å². The van der Waals surface area contributed by atoms with Gasteiger partial charge in [-0.25, -0.2) is 9.97 Å². The number of aryl methyl sites for hydroxylation is 1. The topological polar surface area (TPSA) is 55.3 Å². The zero-order valence-electron chi connectivity index (χ0n) is 14.3. The zero-order chi connectivity index (χ0) is 16.2. The Hall–Kier alpha value is -1.49. The molecule has 3 rings (SSSR count). The van der Waals surface area contributed by atoms with Gasteiger partial charge in [0, 0.05) is 43.3 Å². The smallest absolute Gasteiger partial charge is 0.225 e. The van der Waals surface area contributed by atoms with Gasteiger partial charge in [0.15, 0.2) is 0 Å². The van der Waals surface area contributed by atoms with Gasteiger partial charge in [0.25, 0.3) is 0 Å². The van der Waals surface area contributed by atoms with E-state index >= 15 is 0 Å². The fourth-order valence-electron chi connectivity index (χ4n) is 3.48. The number of rotatable bonds is 5. The number of hydrogen-bond acceptors (Lipinski definition) is 4. The Bertz CT molecular complexity index is 549. The van der Waals surface area contributed by atoms with Crippen molar-refractivity contribution in [1.29, 1.82) is 0 Å². The lowest BCUT2D eigenvalue weighted by Crippen LogP contribution is -2.43. The highest BCUT2D eigenvalue weighted by Gasteiger charge is 2.32. The van der Waals surface area contributed by atoms with Crippen LogP contribution in [0.25, 0.3) is 0 Å². The third kappa shape index (κ3) is 3.71. The van der Waals surface area contributed by atoms with Gasteiger partial charge >= 0.3 is 0 Å². The lowest BCUT2D eigenvalue weighted by atomic mass is 9.83. The maximum atomic E-state index is 12.4. The van der Waals surface area contributed by atoms with Crippen molar-refractivity contribution in [3.05, 3.63) is 23.3 Å². The van der Waals surface area contributed by atoms with Crippen LogP contribution in [-0.4, -0.2) is 40.5 Å². The van der Waals surface area contributed by atoms with E-state index in [1.165, 1.54) is 6.42 Å². The highest BCUT2D eigenvalue weighted by atomic mass is 16.5. The molecule has 5 nitrogen and oxygen atoms in total. The molecule has 0 radical (unpaired) electrons. The van der Waals surface area contributed by atoms with Crippen LogP contribution in [0, 0.1) is 12.8 Å². The number of piperidine rings is 1. The normalized spacial score (nSPS) is 19.7. The fraction of sp³-hybridized carbons (Fsp3) is 0.722. The van der Waals surface area contributed by atoms with E-state index in [2.05, 4.69) is 14.9 Å². The van der Waals surface area contributed by atoms with E-state index in [9.17, 15) is 4.79 Å². The summed E-state index contributed by atoms with van der Waals surface area (Å²) in [6, 6.07) is 0. The summed E-state index contributed by atoms with van der Waals surface area (Å²) in [4.78, 5) is 23.4. The van der Waals surface area contributed by atoms with Gasteiger partial charge in [-0.15, -0.1) is 0 Å². The van der Waals surface area contributed by atoms with E-state index in [-0.39, 0.29) is 0 Å². The molecule has 0 aromatic carbocycles. The van der Waals surface area contributed by atoms with Crippen molar-refractivity contribution >= 4 is 5.91 Å². The van der Waals surface area contributed by atoms with Crippen LogP contribution in [0.15, 0.2) is 6.20 Å². The number of likely N-dealkylation sites (tertiary alicyclic amines) is 1. The highest BCUT2D eigenvalue weighted by Crippen LogP contribution is 2.33. The van der Waals surface area contributed by atoms with Crippen LogP contribution in [0.1, 0.15) is 62.0 Å². The van der Waals surface area contributed by atoms with Crippen LogP contribution < -0.4 is 0 Å². The summed E-state index contributed by atoms with van der Waals surface area (Å²) in [5, 5.41) is 0. The second-order valence-electron chi connectivity index (χ2n) is 6.69. The molecule has 5 heteroatoms. The lowest BCUT2D eigenvalue weighted by Gasteiger charge is -2.36. The van der Waals surface area contributed by atoms with Gasteiger partial charge in [-0.05, 0) is 39.5 Å². The number of aromatic nitrogens is 2. The maximum absolute atomic E-state index is 12.4. The first kappa shape index (κ1) is 16.4. The van der Waals surface area contributed by atoms with Crippen molar-refractivity contribution in [2.45, 2.75) is 58.5 Å². The molecule has 126 valence electrons. The van der Waals surface area contributed by atoms with E-state index in [1.807, 2.05) is 20.0 Å². The molecule has 2 aliphatic rings. The monoisotopic (exact) mass is 317 g/mol. The number of ether oxygens (including phenoxy) is 1. The van der Waals surface area contributed by atoms with Gasteiger partial charge in [-0.3, -0.25) is 4.79 Å². The van der Waals surface area contributed by atoms with Gasteiger partial charge in [0.2, 0.25) is 5.91 Å². The number of carbonyl (C=O) groups excluding carboxylic acids is 1. The summed E-state index contributed by atoms with van der Waals surface area (Å²) in [5.74, 6) is 1.91. The number of amides is 1. The molecule has 1 aliphatic carbocycles. The molecular weight excluding hydrogens is 290 g/mol. The Morgan fingerprint density at radius 3 is 2.65 bits per heavy atom. The molecule has 0 atom stereocenters. The fourth-order valence-corrected chi connectivity index (χ4v) is 3.48. The van der Waals surface area contributed by atoms with Gasteiger partial charge in [-0.1, -0.05) is 6.42 Å². The van der Waals surface area contributed by atoms with E-state index in [0.29, 0.717) is 31.0 Å². The first-order chi connectivity index (χ1) is 11.2. The molecule has 0 spiro atoms. The summed E-state index contributed by atoms with van der Waals surface area (Å²) in [7, 11) is 0. The molecule has 1 aromatic heterocycles. The molecule has 1 amide bonds. The summed E-state index contributed by atoms with van der Waals surface area (Å²) in [5.41, 5.74) is 2.22. The summed E-state index contributed by atoms with van der Waals surface area (Å²) < 4.78 is 5.56. The van der Waals surface area contributed by atoms with E-state index in [1.54, 1.807) is 0 Å². The van der Waals surface area contributed by atoms with Gasteiger partial charge < -0.3 is 9.64 Å². The first-order valence-corrected chi connectivity index (χ1v) is 8.88. The Morgan fingerprint density at radius 2 is 2.04 bits per heavy atom. The van der Waals surface area contributed by atoms with Crippen LogP contribution in [0.3, 0.4) is 0 Å².